The number of benzene rings is 2. The first-order chi connectivity index (χ1) is 52.8. The minimum atomic E-state index is -1.68. The third-order valence-electron chi connectivity index (χ3n) is 18.2. The Balaban J connectivity index is 1.44. The van der Waals surface area contributed by atoms with Crippen molar-refractivity contribution in [3.63, 3.8) is 0 Å². The van der Waals surface area contributed by atoms with E-state index in [9.17, 15) is 77.6 Å². The number of primary amides is 1. The van der Waals surface area contributed by atoms with E-state index in [4.69, 9.17) is 5.73 Å². The molecule has 6 rings (SSSR count). The number of fused-ring (bicyclic) bond motifs is 2. The SMILES string of the molecule is CC(C)C[C@@H]1NC(=O)[C@H](Cc2cnc[nH]2)NC(=O)[C@H](Cc2c[nH]c3ccccc23)NC(=O)[C@H](C)NC(=O)[C@@H](NC(=O)[C@H](CC(=O)O)NC(C)(C)C)CCSCC[C@@H](C(=O)N[C@H](C(N)=O)[C@@H](C)O)NC(=O)[C@H](Cc2c[nH]c3ccccc23)NC(=O)[C@H](C(C)C)NC(=O)[C@H](CC(C)C)NC(=O)[C@H](CCC(=O)O)NC(=O)CNC1=O. The van der Waals surface area contributed by atoms with Crippen molar-refractivity contribution in [1.29, 1.82) is 0 Å². The zero-order valence-corrected chi connectivity index (χ0v) is 65.6. The zero-order valence-electron chi connectivity index (χ0n) is 64.8. The van der Waals surface area contributed by atoms with E-state index in [-0.39, 0.29) is 68.3 Å². The number of nitrogens with zero attached hydrogens (tertiary/aromatic N) is 1. The highest BCUT2D eigenvalue weighted by Gasteiger charge is 2.39. The number of aliphatic carboxylic acids is 2. The Morgan fingerprint density at radius 3 is 1.62 bits per heavy atom. The van der Waals surface area contributed by atoms with Crippen LogP contribution in [0.25, 0.3) is 21.8 Å². The number of aliphatic hydroxyl groups is 1. The quantitative estimate of drug-likeness (QED) is 0.0377. The number of hydrogen-bond acceptors (Lipinski definition) is 19. The van der Waals surface area contributed by atoms with E-state index in [1.54, 1.807) is 123 Å². The predicted octanol–water partition coefficient (Wildman–Crippen LogP) is -0.893. The van der Waals surface area contributed by atoms with Crippen LogP contribution in [0.2, 0.25) is 0 Å². The molecule has 4 heterocycles. The molecule has 0 bridgehead atoms. The highest BCUT2D eigenvalue weighted by atomic mass is 32.2. The smallest absolute Gasteiger partial charge is 0.305 e. The van der Waals surface area contributed by atoms with E-state index >= 15 is 9.59 Å². The molecule has 1 aliphatic heterocycles. The summed E-state index contributed by atoms with van der Waals surface area (Å²) in [7, 11) is 0. The fourth-order valence-corrected chi connectivity index (χ4v) is 13.5. The van der Waals surface area contributed by atoms with Gasteiger partial charge in [-0.1, -0.05) is 77.9 Å². The molecule has 13 atom stereocenters. The van der Waals surface area contributed by atoms with Gasteiger partial charge in [0.25, 0.3) is 0 Å². The van der Waals surface area contributed by atoms with Gasteiger partial charge in [0.15, 0.2) is 0 Å². The maximum Gasteiger partial charge on any atom is 0.305 e. The molecule has 2 aromatic carbocycles. The second kappa shape index (κ2) is 42.5. The van der Waals surface area contributed by atoms with Crippen molar-refractivity contribution in [2.75, 3.05) is 18.1 Å². The molecule has 0 saturated carbocycles. The van der Waals surface area contributed by atoms with Crippen LogP contribution in [0, 0.1) is 17.8 Å². The van der Waals surface area contributed by atoms with Gasteiger partial charge in [-0.2, -0.15) is 11.8 Å². The summed E-state index contributed by atoms with van der Waals surface area (Å²) in [6.45, 7) is 16.8. The van der Waals surface area contributed by atoms with E-state index in [1.807, 2.05) is 0 Å². The lowest BCUT2D eigenvalue weighted by Crippen LogP contribution is -2.61. The highest BCUT2D eigenvalue weighted by molar-refractivity contribution is 7.99. The topological polar surface area (TPSA) is 559 Å². The number of nitrogens with one attached hydrogen (secondary N) is 16. The van der Waals surface area contributed by atoms with Crippen molar-refractivity contribution in [1.82, 2.24) is 89.1 Å². The van der Waals surface area contributed by atoms with Gasteiger partial charge in [0.1, 0.15) is 66.5 Å². The number of imidazole rings is 1. The highest BCUT2D eigenvalue weighted by Crippen LogP contribution is 2.23. The number of carbonyl (C=O) groups excluding carboxylic acids is 13. The second-order valence-electron chi connectivity index (χ2n) is 30.2. The number of aromatic amines is 3. The van der Waals surface area contributed by atoms with Crippen LogP contribution in [0.5, 0.6) is 0 Å². The Hall–Kier alpha value is -10.9. The average molecular weight is 1580 g/mol. The van der Waals surface area contributed by atoms with Crippen LogP contribution >= 0.6 is 11.8 Å². The molecule has 1 aliphatic rings. The number of rotatable bonds is 23. The van der Waals surface area contributed by atoms with E-state index < -0.39 is 205 Å². The fourth-order valence-electron chi connectivity index (χ4n) is 12.5. The van der Waals surface area contributed by atoms with Crippen LogP contribution < -0.4 is 74.9 Å². The molecular weight excluding hydrogens is 1470 g/mol. The Labute approximate surface area is 652 Å². The molecule has 37 heteroatoms. The number of aromatic nitrogens is 4. The predicted molar refractivity (Wildman–Crippen MR) is 413 cm³/mol. The van der Waals surface area contributed by atoms with Gasteiger partial charge in [0.05, 0.1) is 31.4 Å². The van der Waals surface area contributed by atoms with Gasteiger partial charge in [-0.05, 0) is 119 Å². The Morgan fingerprint density at radius 2 is 1.10 bits per heavy atom. The average Bonchev–Trinajstić information content (AvgIpc) is 1.79. The van der Waals surface area contributed by atoms with Crippen molar-refractivity contribution < 1.29 is 87.2 Å². The molecule has 1 fully saturated rings. The molecule has 0 aliphatic carbocycles. The van der Waals surface area contributed by atoms with Gasteiger partial charge >= 0.3 is 11.9 Å². The third-order valence-corrected chi connectivity index (χ3v) is 19.3. The number of carboxylic acids is 2. The lowest BCUT2D eigenvalue weighted by atomic mass is 9.98. The first kappa shape index (κ1) is 89.9. The van der Waals surface area contributed by atoms with Crippen molar-refractivity contribution >= 4 is 122 Å². The summed E-state index contributed by atoms with van der Waals surface area (Å²) in [4.78, 5) is 225. The number of hydrogen-bond donors (Lipinski definition) is 20. The summed E-state index contributed by atoms with van der Waals surface area (Å²) in [5.41, 5.74) is 7.46. The minimum absolute atomic E-state index is 0.0378. The van der Waals surface area contributed by atoms with Gasteiger partial charge in [-0.3, -0.25) is 71.9 Å². The van der Waals surface area contributed by atoms with Crippen molar-refractivity contribution in [3.05, 3.63) is 90.3 Å². The molecule has 0 spiro atoms. The number of carboxylic acid groups (broad SMARTS) is 2. The molecule has 3 aromatic heterocycles. The lowest BCUT2D eigenvalue weighted by molar-refractivity contribution is -0.140. The Morgan fingerprint density at radius 1 is 0.589 bits per heavy atom. The molecule has 13 amide bonds. The number of aliphatic hydroxyl groups excluding tert-OH is 1. The van der Waals surface area contributed by atoms with Gasteiger partial charge < -0.3 is 105 Å². The summed E-state index contributed by atoms with van der Waals surface area (Å²) >= 11 is 1.09. The normalized spacial score (nSPS) is 23.0. The van der Waals surface area contributed by atoms with E-state index in [0.29, 0.717) is 38.6 Å². The van der Waals surface area contributed by atoms with Crippen LogP contribution in [0.4, 0.5) is 0 Å². The molecular formula is C75H108N18O18S. The number of thioether (sulfide) groups is 1. The maximum atomic E-state index is 15.1. The van der Waals surface area contributed by atoms with Gasteiger partial charge in [-0.25, -0.2) is 4.98 Å². The second-order valence-corrected chi connectivity index (χ2v) is 31.4. The summed E-state index contributed by atoms with van der Waals surface area (Å²) in [5.74, 6) is -16.7. The lowest BCUT2D eigenvalue weighted by Gasteiger charge is -2.29. The monoisotopic (exact) mass is 1580 g/mol. The largest absolute Gasteiger partial charge is 0.481 e. The summed E-state index contributed by atoms with van der Waals surface area (Å²) in [6, 6.07) is -4.24. The number of carbonyl (C=O) groups is 15. The first-order valence-corrected chi connectivity index (χ1v) is 38.4. The molecule has 0 radical (unpaired) electrons. The summed E-state index contributed by atoms with van der Waals surface area (Å²) in [6.07, 6.45) is 1.09. The third kappa shape index (κ3) is 28.4. The number of para-hydroxylation sites is 2. The summed E-state index contributed by atoms with van der Waals surface area (Å²) < 4.78 is 0. The van der Waals surface area contributed by atoms with Crippen LogP contribution in [0.3, 0.4) is 0 Å². The Bertz CT molecular complexity index is 4140. The maximum absolute atomic E-state index is 15.1. The standard InChI is InChI=1S/C75H108N18O18S/c1-37(2)26-52-65(102)80-35-58(95)83-49(20-21-59(96)97)67(104)88-53(27-38(3)4)72(109)91-61(39(5)6)74(111)90-55(29-43-33-79-48-19-15-13-17-46(43)48)69(106)84-51(68(105)92-62(41(8)94)63(76)100)23-25-112-24-22-50(85-73(110)57(31-60(98)99)93-75(9,10)11)66(103)82-40(7)64(101)86-54(28-42-32-78-47-18-14-12-16-45(42)47)70(107)89-56(71(108)87-52)30-44-34-77-36-81-44/h12-19,32-34,36-41,49-57,61-62,78-79,93-94H,20-31,35H2,1-11H3,(H2,76,100)(H,77,81)(H,80,102)(H,82,103)(H,83,95)(H,84,106)(H,85,110)(H,86,101)(H,87,108)(H,88,104)(H,89,107)(H,90,111)(H,91,109)(H,92,105)(H,96,97)(H,98,99)/t40-,41+,49-,50-,51-,52-,53-,54-,55-,56-,57-,61-,62-/m0/s1. The van der Waals surface area contributed by atoms with Gasteiger partial charge in [0, 0.05) is 77.3 Å². The van der Waals surface area contributed by atoms with E-state index in [0.717, 1.165) is 11.8 Å². The van der Waals surface area contributed by atoms with Crippen LogP contribution in [-0.4, -0.2) is 226 Å². The molecule has 0 unspecified atom stereocenters. The van der Waals surface area contributed by atoms with Gasteiger partial charge in [0.2, 0.25) is 76.8 Å². The van der Waals surface area contributed by atoms with Crippen molar-refractivity contribution in [3.8, 4) is 0 Å². The zero-order chi connectivity index (χ0) is 82.8. The van der Waals surface area contributed by atoms with Gasteiger partial charge in [-0.15, -0.1) is 0 Å². The molecule has 112 heavy (non-hydrogen) atoms. The Kier molecular flexibility index (Phi) is 34.1. The molecule has 5 aromatic rings. The van der Waals surface area contributed by atoms with Crippen LogP contribution in [-0.2, 0) is 91.2 Å². The minimum Gasteiger partial charge on any atom is -0.481 e. The van der Waals surface area contributed by atoms with Crippen LogP contribution in [0.15, 0.2) is 73.4 Å². The first-order valence-electron chi connectivity index (χ1n) is 37.2. The fraction of sp³-hybridized carbons (Fsp3) is 0.547. The number of amides is 13. The van der Waals surface area contributed by atoms with Crippen molar-refractivity contribution in [2.24, 2.45) is 23.5 Å². The number of nitrogens with two attached hydrogens (primary N) is 1. The number of H-pyrrole nitrogens is 3. The molecule has 36 nitrogen and oxygen atoms in total. The molecule has 612 valence electrons. The van der Waals surface area contributed by atoms with E-state index in [1.165, 1.54) is 26.4 Å². The molecule has 21 N–H and O–H groups in total. The van der Waals surface area contributed by atoms with E-state index in [2.05, 4.69) is 89.1 Å². The van der Waals surface area contributed by atoms with Crippen LogP contribution in [0.1, 0.15) is 138 Å². The van der Waals surface area contributed by atoms with Crippen molar-refractivity contribution in [2.45, 2.75) is 225 Å². The summed E-state index contributed by atoms with van der Waals surface area (Å²) in [5, 5.41) is 65.9. The molecule has 1 saturated heterocycles.